The number of fused-ring (bicyclic) bond motifs is 4. The molecule has 1 saturated heterocycles. The van der Waals surface area contributed by atoms with Gasteiger partial charge in [-0.1, -0.05) is 12.1 Å². The molecule has 4 aromatic rings. The van der Waals surface area contributed by atoms with Crippen LogP contribution in [0.2, 0.25) is 0 Å². The van der Waals surface area contributed by atoms with Crippen LogP contribution in [0.4, 0.5) is 0 Å². The number of pyridine rings is 1. The van der Waals surface area contributed by atoms with Crippen LogP contribution in [0.5, 0.6) is 0 Å². The molecule has 1 aromatic carbocycles. The van der Waals surface area contributed by atoms with Gasteiger partial charge < -0.3 is 14.4 Å². The Morgan fingerprint density at radius 3 is 2.59 bits per heavy atom. The van der Waals surface area contributed by atoms with Crippen LogP contribution in [-0.2, 0) is 23.1 Å². The van der Waals surface area contributed by atoms with E-state index in [1.165, 1.54) is 19.5 Å². The van der Waals surface area contributed by atoms with E-state index in [4.69, 9.17) is 9.47 Å². The van der Waals surface area contributed by atoms with Crippen LogP contribution in [0.3, 0.4) is 0 Å². The van der Waals surface area contributed by atoms with Crippen molar-refractivity contribution in [1.82, 2.24) is 29.2 Å². The maximum absolute atomic E-state index is 13.1. The standard InChI is InChI=1S/C28H32N6O3/c1-32-27-26(34(28(32)35)22-11-23(12-22)36-2)24-10-17(4-6-25(24)30-31-27)18-3-5-21(29-13-18)16-37-8-7-33-14-19-9-20(19)15-33/h3-6,10,13,19-20,22-23H,7-9,11-12,14-16H2,1-2H3. The van der Waals surface area contributed by atoms with Crippen LogP contribution in [0.1, 0.15) is 31.0 Å². The minimum absolute atomic E-state index is 0.0608. The summed E-state index contributed by atoms with van der Waals surface area (Å²) in [4.78, 5) is 20.3. The normalized spacial score (nSPS) is 25.0. The summed E-state index contributed by atoms with van der Waals surface area (Å²) in [6, 6.07) is 10.3. The Hall–Kier alpha value is -3.14. The first-order chi connectivity index (χ1) is 18.1. The molecule has 3 aliphatic rings. The predicted molar refractivity (Wildman–Crippen MR) is 140 cm³/mol. The summed E-state index contributed by atoms with van der Waals surface area (Å²) in [7, 11) is 3.48. The molecular formula is C28H32N6O3. The molecule has 0 bridgehead atoms. The molecule has 0 amide bonds. The number of aryl methyl sites for hydroxylation is 1. The first kappa shape index (κ1) is 23.0. The van der Waals surface area contributed by atoms with Gasteiger partial charge >= 0.3 is 5.69 Å². The molecule has 2 saturated carbocycles. The minimum Gasteiger partial charge on any atom is -0.381 e. The molecule has 4 heterocycles. The topological polar surface area (TPSA) is 87.3 Å². The summed E-state index contributed by atoms with van der Waals surface area (Å²) in [5.41, 5.74) is 5.12. The number of hydrogen-bond acceptors (Lipinski definition) is 7. The number of piperidine rings is 1. The van der Waals surface area contributed by atoms with E-state index in [0.29, 0.717) is 12.3 Å². The van der Waals surface area contributed by atoms with Crippen molar-refractivity contribution in [2.45, 2.75) is 38.0 Å². The second kappa shape index (κ2) is 9.01. The van der Waals surface area contributed by atoms with E-state index in [-0.39, 0.29) is 17.8 Å². The Kier molecular flexibility index (Phi) is 5.60. The highest BCUT2D eigenvalue weighted by Crippen LogP contribution is 2.44. The van der Waals surface area contributed by atoms with E-state index < -0.39 is 0 Å². The van der Waals surface area contributed by atoms with Crippen molar-refractivity contribution in [3.8, 4) is 11.1 Å². The Bertz CT molecular complexity index is 1510. The van der Waals surface area contributed by atoms with Gasteiger partial charge in [-0.15, -0.1) is 10.2 Å². The smallest absolute Gasteiger partial charge is 0.330 e. The van der Waals surface area contributed by atoms with Crippen LogP contribution in [0.25, 0.3) is 33.2 Å². The van der Waals surface area contributed by atoms with Gasteiger partial charge in [-0.2, -0.15) is 0 Å². The molecule has 1 aliphatic heterocycles. The van der Waals surface area contributed by atoms with Gasteiger partial charge in [-0.3, -0.25) is 14.1 Å². The van der Waals surface area contributed by atoms with Gasteiger partial charge in [0.2, 0.25) is 0 Å². The maximum atomic E-state index is 13.1. The molecule has 2 atom stereocenters. The zero-order valence-electron chi connectivity index (χ0n) is 21.3. The van der Waals surface area contributed by atoms with Crippen LogP contribution in [0, 0.1) is 11.8 Å². The molecule has 2 unspecified atom stereocenters. The summed E-state index contributed by atoms with van der Waals surface area (Å²) in [6.45, 7) is 4.78. The molecule has 3 fully saturated rings. The third kappa shape index (κ3) is 4.05. The van der Waals surface area contributed by atoms with Gasteiger partial charge in [-0.05, 0) is 54.9 Å². The van der Waals surface area contributed by atoms with Gasteiger partial charge in [-0.25, -0.2) is 4.79 Å². The van der Waals surface area contributed by atoms with Crippen LogP contribution >= 0.6 is 0 Å². The molecule has 37 heavy (non-hydrogen) atoms. The highest BCUT2D eigenvalue weighted by atomic mass is 16.5. The average Bonchev–Trinajstić information content (AvgIpc) is 3.43. The zero-order chi connectivity index (χ0) is 25.1. The lowest BCUT2D eigenvalue weighted by molar-refractivity contribution is 0.00635. The van der Waals surface area contributed by atoms with Crippen LogP contribution in [0.15, 0.2) is 41.3 Å². The highest BCUT2D eigenvalue weighted by Gasteiger charge is 2.44. The zero-order valence-corrected chi connectivity index (χ0v) is 21.3. The van der Waals surface area contributed by atoms with Crippen molar-refractivity contribution in [1.29, 1.82) is 0 Å². The lowest BCUT2D eigenvalue weighted by Crippen LogP contribution is -2.37. The fourth-order valence-electron chi connectivity index (χ4n) is 6.08. The Morgan fingerprint density at radius 1 is 1.03 bits per heavy atom. The molecule has 0 radical (unpaired) electrons. The average molecular weight is 501 g/mol. The SMILES string of the molecule is COC1CC(n2c(=O)n(C)c3nnc4ccc(-c5ccc(COCCN6CC7CC7C6)nc5)cc4c32)C1. The van der Waals surface area contributed by atoms with E-state index >= 15 is 0 Å². The third-order valence-electron chi connectivity index (χ3n) is 8.55. The predicted octanol–water partition coefficient (Wildman–Crippen LogP) is 3.16. The maximum Gasteiger partial charge on any atom is 0.330 e. The van der Waals surface area contributed by atoms with E-state index in [1.807, 2.05) is 29.0 Å². The number of aromatic nitrogens is 5. The lowest BCUT2D eigenvalue weighted by Gasteiger charge is -2.34. The summed E-state index contributed by atoms with van der Waals surface area (Å²) >= 11 is 0. The first-order valence-corrected chi connectivity index (χ1v) is 13.2. The van der Waals surface area contributed by atoms with Gasteiger partial charge in [0.25, 0.3) is 0 Å². The molecule has 3 aromatic heterocycles. The Morgan fingerprint density at radius 2 is 1.84 bits per heavy atom. The van der Waals surface area contributed by atoms with Gasteiger partial charge in [0, 0.05) is 57.0 Å². The van der Waals surface area contributed by atoms with Crippen molar-refractivity contribution in [2.24, 2.45) is 18.9 Å². The molecule has 0 spiro atoms. The van der Waals surface area contributed by atoms with E-state index in [0.717, 1.165) is 71.1 Å². The second-order valence-corrected chi connectivity index (χ2v) is 10.9. The molecule has 9 heteroatoms. The lowest BCUT2D eigenvalue weighted by atomic mass is 9.89. The monoisotopic (exact) mass is 500 g/mol. The summed E-state index contributed by atoms with van der Waals surface area (Å²) in [5.74, 6) is 1.92. The summed E-state index contributed by atoms with van der Waals surface area (Å²) in [5, 5.41) is 9.71. The summed E-state index contributed by atoms with van der Waals surface area (Å²) in [6.07, 6.45) is 5.18. The van der Waals surface area contributed by atoms with Crippen molar-refractivity contribution >= 4 is 22.1 Å². The number of benzene rings is 1. The third-order valence-corrected chi connectivity index (χ3v) is 8.55. The summed E-state index contributed by atoms with van der Waals surface area (Å²) < 4.78 is 14.8. The van der Waals surface area contributed by atoms with Gasteiger partial charge in [0.15, 0.2) is 5.65 Å². The minimum atomic E-state index is -0.0608. The van der Waals surface area contributed by atoms with Crippen molar-refractivity contribution in [3.05, 3.63) is 52.7 Å². The number of methoxy groups -OCH3 is 1. The number of hydrogen-bond donors (Lipinski definition) is 0. The number of nitrogens with zero attached hydrogens (tertiary/aromatic N) is 6. The van der Waals surface area contributed by atoms with Crippen molar-refractivity contribution in [3.63, 3.8) is 0 Å². The first-order valence-electron chi connectivity index (χ1n) is 13.2. The largest absolute Gasteiger partial charge is 0.381 e. The fraction of sp³-hybridized carbons (Fsp3) is 0.500. The molecule has 2 aliphatic carbocycles. The fourth-order valence-corrected chi connectivity index (χ4v) is 6.08. The number of imidazole rings is 1. The molecular weight excluding hydrogens is 468 g/mol. The van der Waals surface area contributed by atoms with E-state index in [2.05, 4.69) is 32.2 Å². The van der Waals surface area contributed by atoms with Crippen LogP contribution in [-0.4, -0.2) is 68.7 Å². The second-order valence-electron chi connectivity index (χ2n) is 10.9. The van der Waals surface area contributed by atoms with Crippen molar-refractivity contribution in [2.75, 3.05) is 33.4 Å². The Balaban J connectivity index is 1.12. The molecule has 7 rings (SSSR count). The van der Waals surface area contributed by atoms with Crippen LogP contribution < -0.4 is 5.69 Å². The molecule has 0 N–H and O–H groups in total. The van der Waals surface area contributed by atoms with E-state index in [1.54, 1.807) is 18.7 Å². The van der Waals surface area contributed by atoms with Gasteiger partial charge in [0.1, 0.15) is 5.52 Å². The molecule has 9 nitrogen and oxygen atoms in total. The molecule has 192 valence electrons. The number of likely N-dealkylation sites (tertiary alicyclic amines) is 1. The van der Waals surface area contributed by atoms with Gasteiger partial charge in [0.05, 0.1) is 30.5 Å². The van der Waals surface area contributed by atoms with Crippen molar-refractivity contribution < 1.29 is 9.47 Å². The number of rotatable bonds is 8. The quantitative estimate of drug-likeness (QED) is 0.344. The van der Waals surface area contributed by atoms with E-state index in [9.17, 15) is 4.79 Å². The highest BCUT2D eigenvalue weighted by molar-refractivity contribution is 6.02. The Labute approximate surface area is 215 Å². The number of ether oxygens (including phenoxy) is 2.